The first-order valence-electron chi connectivity index (χ1n) is 9.04. The number of imidazole rings is 1. The number of hydrogen-bond acceptors (Lipinski definition) is 7. The SMILES string of the molecule is CN(CC1CCCN1c1cccnn1)c1nn2cc(C(C)(C)C)nc2s1. The van der Waals surface area contributed by atoms with E-state index in [4.69, 9.17) is 10.1 Å². The minimum atomic E-state index is 0.0422. The number of rotatable bonds is 4. The number of aromatic nitrogens is 5. The third kappa shape index (κ3) is 3.25. The highest BCUT2D eigenvalue weighted by atomic mass is 32.1. The summed E-state index contributed by atoms with van der Waals surface area (Å²) in [5.41, 5.74) is 1.12. The van der Waals surface area contributed by atoms with Crippen LogP contribution in [0.3, 0.4) is 0 Å². The van der Waals surface area contributed by atoms with Gasteiger partial charge in [-0.2, -0.15) is 5.10 Å². The maximum absolute atomic E-state index is 4.75. The van der Waals surface area contributed by atoms with Gasteiger partial charge in [0.2, 0.25) is 10.1 Å². The average Bonchev–Trinajstić information content (AvgIpc) is 3.28. The molecule has 0 aromatic carbocycles. The Morgan fingerprint density at radius 2 is 2.19 bits per heavy atom. The van der Waals surface area contributed by atoms with Crippen molar-refractivity contribution in [1.29, 1.82) is 0 Å². The Bertz CT molecular complexity index is 848. The smallest absolute Gasteiger partial charge is 0.214 e. The molecule has 1 fully saturated rings. The lowest BCUT2D eigenvalue weighted by molar-refractivity contribution is 0.572. The van der Waals surface area contributed by atoms with Crippen molar-refractivity contribution < 1.29 is 0 Å². The summed E-state index contributed by atoms with van der Waals surface area (Å²) in [5.74, 6) is 0.965. The summed E-state index contributed by atoms with van der Waals surface area (Å²) < 4.78 is 1.91. The predicted octanol–water partition coefficient (Wildman–Crippen LogP) is 2.98. The van der Waals surface area contributed by atoms with Crippen LogP contribution in [0.4, 0.5) is 10.9 Å². The summed E-state index contributed by atoms with van der Waals surface area (Å²) in [5, 5.41) is 14.0. The second-order valence-electron chi connectivity index (χ2n) is 7.94. The molecule has 3 aromatic rings. The lowest BCUT2D eigenvalue weighted by Crippen LogP contribution is -2.39. The molecular weight excluding hydrogens is 346 g/mol. The van der Waals surface area contributed by atoms with E-state index in [1.165, 1.54) is 6.42 Å². The van der Waals surface area contributed by atoms with Crippen molar-refractivity contribution in [2.24, 2.45) is 0 Å². The van der Waals surface area contributed by atoms with Crippen molar-refractivity contribution in [3.8, 4) is 0 Å². The van der Waals surface area contributed by atoms with Crippen LogP contribution in [-0.4, -0.2) is 51.0 Å². The third-order valence-corrected chi connectivity index (χ3v) is 5.88. The molecule has 4 heterocycles. The van der Waals surface area contributed by atoms with Gasteiger partial charge in [0.25, 0.3) is 0 Å². The van der Waals surface area contributed by atoms with E-state index in [2.05, 4.69) is 47.8 Å². The summed E-state index contributed by atoms with van der Waals surface area (Å²) >= 11 is 1.64. The van der Waals surface area contributed by atoms with Gasteiger partial charge in [-0.3, -0.25) is 0 Å². The second kappa shape index (κ2) is 6.50. The van der Waals surface area contributed by atoms with Crippen molar-refractivity contribution >= 4 is 27.2 Å². The molecule has 0 amide bonds. The first-order chi connectivity index (χ1) is 12.4. The van der Waals surface area contributed by atoms with Crippen LogP contribution in [0.1, 0.15) is 39.3 Å². The maximum Gasteiger partial charge on any atom is 0.214 e. The Kier molecular flexibility index (Phi) is 4.30. The van der Waals surface area contributed by atoms with E-state index < -0.39 is 0 Å². The largest absolute Gasteiger partial charge is 0.350 e. The molecule has 26 heavy (non-hydrogen) atoms. The summed E-state index contributed by atoms with van der Waals surface area (Å²) in [6, 6.07) is 4.42. The van der Waals surface area contributed by atoms with Crippen molar-refractivity contribution in [1.82, 2.24) is 24.8 Å². The van der Waals surface area contributed by atoms with Gasteiger partial charge < -0.3 is 9.80 Å². The Labute approximate surface area is 157 Å². The van der Waals surface area contributed by atoms with Crippen LogP contribution >= 0.6 is 11.3 Å². The minimum Gasteiger partial charge on any atom is -0.350 e. The van der Waals surface area contributed by atoms with Gasteiger partial charge in [-0.05, 0) is 25.0 Å². The molecule has 0 radical (unpaired) electrons. The van der Waals surface area contributed by atoms with E-state index in [0.29, 0.717) is 6.04 Å². The van der Waals surface area contributed by atoms with Gasteiger partial charge in [-0.25, -0.2) is 9.50 Å². The standard InChI is InChI=1S/C18H25N7S/c1-18(2,3)14-12-25-16(20-14)26-17(22-25)23(4)11-13-7-6-10-24(13)15-8-5-9-19-21-15/h5,8-9,12-13H,6-7,10-11H2,1-4H3. The summed E-state index contributed by atoms with van der Waals surface area (Å²) in [6.45, 7) is 8.47. The summed E-state index contributed by atoms with van der Waals surface area (Å²) in [6.07, 6.45) is 6.12. The maximum atomic E-state index is 4.75. The first kappa shape index (κ1) is 17.2. The predicted molar refractivity (Wildman–Crippen MR) is 105 cm³/mol. The monoisotopic (exact) mass is 371 g/mol. The fraction of sp³-hybridized carbons (Fsp3) is 0.556. The Balaban J connectivity index is 1.50. The van der Waals surface area contributed by atoms with Crippen LogP contribution in [-0.2, 0) is 5.41 Å². The Morgan fingerprint density at radius 1 is 1.35 bits per heavy atom. The van der Waals surface area contributed by atoms with Gasteiger partial charge in [0, 0.05) is 37.8 Å². The molecule has 0 aliphatic carbocycles. The molecule has 1 aliphatic rings. The zero-order valence-electron chi connectivity index (χ0n) is 15.8. The molecule has 0 spiro atoms. The van der Waals surface area contributed by atoms with Crippen molar-refractivity contribution in [3.05, 3.63) is 30.2 Å². The number of hydrogen-bond donors (Lipinski definition) is 0. The third-order valence-electron chi connectivity index (χ3n) is 4.84. The zero-order valence-corrected chi connectivity index (χ0v) is 16.6. The fourth-order valence-corrected chi connectivity index (χ4v) is 4.23. The van der Waals surface area contributed by atoms with Crippen molar-refractivity contribution in [2.45, 2.75) is 45.1 Å². The number of nitrogens with zero attached hydrogens (tertiary/aromatic N) is 7. The van der Waals surface area contributed by atoms with E-state index in [-0.39, 0.29) is 5.41 Å². The zero-order chi connectivity index (χ0) is 18.3. The number of anilines is 2. The summed E-state index contributed by atoms with van der Waals surface area (Å²) in [7, 11) is 2.11. The highest BCUT2D eigenvalue weighted by Gasteiger charge is 2.28. The van der Waals surface area contributed by atoms with Gasteiger partial charge in [-0.15, -0.1) is 10.2 Å². The van der Waals surface area contributed by atoms with Gasteiger partial charge >= 0.3 is 0 Å². The van der Waals surface area contributed by atoms with Crippen LogP contribution in [0.15, 0.2) is 24.5 Å². The molecule has 1 unspecified atom stereocenters. The van der Waals surface area contributed by atoms with E-state index in [9.17, 15) is 0 Å². The van der Waals surface area contributed by atoms with E-state index in [1.54, 1.807) is 17.5 Å². The molecular formula is C18H25N7S. The minimum absolute atomic E-state index is 0.0422. The molecule has 0 N–H and O–H groups in total. The van der Waals surface area contributed by atoms with Crippen LogP contribution < -0.4 is 9.80 Å². The average molecular weight is 372 g/mol. The first-order valence-corrected chi connectivity index (χ1v) is 9.85. The topological polar surface area (TPSA) is 62.5 Å². The molecule has 0 bridgehead atoms. The van der Waals surface area contributed by atoms with Crippen LogP contribution in [0, 0.1) is 0 Å². The summed E-state index contributed by atoms with van der Waals surface area (Å²) in [4.78, 5) is 10.3. The highest BCUT2D eigenvalue weighted by molar-refractivity contribution is 7.20. The quantitative estimate of drug-likeness (QED) is 0.703. The molecule has 8 heteroatoms. The molecule has 138 valence electrons. The lowest BCUT2D eigenvalue weighted by atomic mass is 9.93. The molecule has 0 saturated carbocycles. The van der Waals surface area contributed by atoms with Gasteiger partial charge in [0.1, 0.15) is 0 Å². The van der Waals surface area contributed by atoms with Gasteiger partial charge in [0.05, 0.1) is 11.9 Å². The lowest BCUT2D eigenvalue weighted by Gasteiger charge is -2.28. The Morgan fingerprint density at radius 3 is 2.88 bits per heavy atom. The normalized spacial score (nSPS) is 18.0. The van der Waals surface area contributed by atoms with Crippen molar-refractivity contribution in [2.75, 3.05) is 29.9 Å². The number of likely N-dealkylation sites (N-methyl/N-ethyl adjacent to an activating group) is 1. The Hall–Kier alpha value is -2.22. The van der Waals surface area contributed by atoms with Crippen molar-refractivity contribution in [3.63, 3.8) is 0 Å². The van der Waals surface area contributed by atoms with Crippen LogP contribution in [0.25, 0.3) is 4.96 Å². The highest BCUT2D eigenvalue weighted by Crippen LogP contribution is 2.29. The fourth-order valence-electron chi connectivity index (χ4n) is 3.37. The number of fused-ring (bicyclic) bond motifs is 1. The van der Waals surface area contributed by atoms with E-state index in [1.807, 2.05) is 22.8 Å². The van der Waals surface area contributed by atoms with Crippen LogP contribution in [0.2, 0.25) is 0 Å². The van der Waals surface area contributed by atoms with Gasteiger partial charge in [0.15, 0.2) is 5.82 Å². The molecule has 1 atom stereocenters. The van der Waals surface area contributed by atoms with E-state index in [0.717, 1.165) is 41.1 Å². The van der Waals surface area contributed by atoms with E-state index >= 15 is 0 Å². The molecule has 1 aliphatic heterocycles. The molecule has 3 aromatic heterocycles. The molecule has 7 nitrogen and oxygen atoms in total. The van der Waals surface area contributed by atoms with Crippen LogP contribution in [0.5, 0.6) is 0 Å². The van der Waals surface area contributed by atoms with Gasteiger partial charge in [-0.1, -0.05) is 32.1 Å². The second-order valence-corrected chi connectivity index (χ2v) is 8.87. The molecule has 1 saturated heterocycles. The molecule has 4 rings (SSSR count).